The van der Waals surface area contributed by atoms with Crippen LogP contribution < -0.4 is 5.32 Å². The fourth-order valence-corrected chi connectivity index (χ4v) is 1.87. The average molecular weight is 255 g/mol. The second-order valence-corrected chi connectivity index (χ2v) is 4.31. The molecule has 19 heavy (non-hydrogen) atoms. The van der Waals surface area contributed by atoms with Crippen molar-refractivity contribution >= 4 is 16.9 Å². The number of imidazole rings is 2. The monoisotopic (exact) mass is 255 g/mol. The summed E-state index contributed by atoms with van der Waals surface area (Å²) in [6.07, 6.45) is 3.27. The van der Waals surface area contributed by atoms with Crippen molar-refractivity contribution in [2.24, 2.45) is 7.05 Å². The van der Waals surface area contributed by atoms with Crippen LogP contribution in [0.25, 0.3) is 11.0 Å². The van der Waals surface area contributed by atoms with Crippen molar-refractivity contribution in [3.63, 3.8) is 0 Å². The van der Waals surface area contributed by atoms with Gasteiger partial charge in [0.1, 0.15) is 11.5 Å². The smallest absolute Gasteiger partial charge is 0.271 e. The Balaban J connectivity index is 1.70. The molecule has 0 atom stereocenters. The summed E-state index contributed by atoms with van der Waals surface area (Å²) in [4.78, 5) is 23.4. The topological polar surface area (TPSA) is 75.6 Å². The van der Waals surface area contributed by atoms with Crippen molar-refractivity contribution in [2.75, 3.05) is 0 Å². The first-order valence-corrected chi connectivity index (χ1v) is 5.92. The van der Waals surface area contributed by atoms with Gasteiger partial charge in [-0.25, -0.2) is 9.97 Å². The molecule has 0 aliphatic rings. The molecular weight excluding hydrogens is 242 g/mol. The van der Waals surface area contributed by atoms with Crippen LogP contribution in [0.4, 0.5) is 0 Å². The van der Waals surface area contributed by atoms with Crippen molar-refractivity contribution in [3.05, 3.63) is 48.3 Å². The van der Waals surface area contributed by atoms with Crippen molar-refractivity contribution in [3.8, 4) is 0 Å². The lowest BCUT2D eigenvalue weighted by Gasteiger charge is -1.99. The summed E-state index contributed by atoms with van der Waals surface area (Å²) in [6, 6.07) is 7.75. The maximum Gasteiger partial charge on any atom is 0.271 e. The minimum Gasteiger partial charge on any atom is -0.343 e. The number of H-pyrrole nitrogens is 1. The van der Waals surface area contributed by atoms with Crippen LogP contribution in [0.15, 0.2) is 36.8 Å². The highest BCUT2D eigenvalue weighted by Gasteiger charge is 2.09. The lowest BCUT2D eigenvalue weighted by molar-refractivity contribution is 0.0945. The first kappa shape index (κ1) is 11.5. The van der Waals surface area contributed by atoms with E-state index in [2.05, 4.69) is 20.3 Å². The van der Waals surface area contributed by atoms with Gasteiger partial charge in [0.25, 0.3) is 5.91 Å². The number of fused-ring (bicyclic) bond motifs is 1. The zero-order chi connectivity index (χ0) is 13.2. The number of carbonyl (C=O) groups excluding carboxylic acids is 1. The van der Waals surface area contributed by atoms with Crippen LogP contribution in [0.3, 0.4) is 0 Å². The Morgan fingerprint density at radius 1 is 1.42 bits per heavy atom. The van der Waals surface area contributed by atoms with Gasteiger partial charge in [-0.1, -0.05) is 12.1 Å². The number of carbonyl (C=O) groups is 1. The van der Waals surface area contributed by atoms with Gasteiger partial charge in [0.2, 0.25) is 0 Å². The van der Waals surface area contributed by atoms with E-state index in [9.17, 15) is 4.79 Å². The van der Waals surface area contributed by atoms with E-state index in [0.717, 1.165) is 16.9 Å². The lowest BCUT2D eigenvalue weighted by Crippen LogP contribution is -2.23. The first-order chi connectivity index (χ1) is 9.22. The average Bonchev–Trinajstić information content (AvgIpc) is 3.01. The van der Waals surface area contributed by atoms with E-state index in [0.29, 0.717) is 12.2 Å². The van der Waals surface area contributed by atoms with E-state index in [1.54, 1.807) is 17.1 Å². The highest BCUT2D eigenvalue weighted by molar-refractivity contribution is 5.91. The Morgan fingerprint density at radius 3 is 3.00 bits per heavy atom. The summed E-state index contributed by atoms with van der Waals surface area (Å²) < 4.78 is 1.73. The van der Waals surface area contributed by atoms with Crippen LogP contribution in [-0.2, 0) is 13.6 Å². The van der Waals surface area contributed by atoms with Gasteiger partial charge < -0.3 is 14.9 Å². The molecule has 1 amide bonds. The molecule has 0 saturated heterocycles. The third kappa shape index (κ3) is 2.33. The van der Waals surface area contributed by atoms with Crippen molar-refractivity contribution in [2.45, 2.75) is 6.54 Å². The summed E-state index contributed by atoms with van der Waals surface area (Å²) in [6.45, 7) is 0.351. The Kier molecular flexibility index (Phi) is 2.75. The second-order valence-electron chi connectivity index (χ2n) is 4.31. The molecule has 6 nitrogen and oxygen atoms in total. The molecular formula is C13H13N5O. The van der Waals surface area contributed by atoms with Crippen LogP contribution in [0.2, 0.25) is 0 Å². The minimum atomic E-state index is -0.207. The number of nitrogens with one attached hydrogen (secondary N) is 2. The maximum atomic E-state index is 11.8. The van der Waals surface area contributed by atoms with E-state index in [1.165, 1.54) is 0 Å². The molecule has 3 rings (SSSR count). The summed E-state index contributed by atoms with van der Waals surface area (Å²) in [5.41, 5.74) is 2.26. The van der Waals surface area contributed by atoms with Gasteiger partial charge in [0.15, 0.2) is 0 Å². The molecule has 2 heterocycles. The van der Waals surface area contributed by atoms with Crippen molar-refractivity contribution in [1.82, 2.24) is 24.8 Å². The number of hydrogen-bond acceptors (Lipinski definition) is 3. The van der Waals surface area contributed by atoms with Gasteiger partial charge in [0, 0.05) is 13.2 Å². The highest BCUT2D eigenvalue weighted by atomic mass is 16.1. The third-order valence-electron chi connectivity index (χ3n) is 2.79. The van der Waals surface area contributed by atoms with Crippen molar-refractivity contribution < 1.29 is 4.79 Å². The first-order valence-electron chi connectivity index (χ1n) is 5.92. The van der Waals surface area contributed by atoms with Crippen molar-refractivity contribution in [1.29, 1.82) is 0 Å². The number of benzene rings is 1. The normalized spacial score (nSPS) is 10.8. The van der Waals surface area contributed by atoms with Gasteiger partial charge >= 0.3 is 0 Å². The standard InChI is InChI=1S/C13H13N5O/c1-18-7-11(15-8-18)13(19)14-6-12-16-9-4-2-3-5-10(9)17-12/h2-5,7-8H,6H2,1H3,(H,14,19)(H,16,17). The van der Waals surface area contributed by atoms with Gasteiger partial charge in [-0.15, -0.1) is 0 Å². The fraction of sp³-hybridized carbons (Fsp3) is 0.154. The predicted octanol–water partition coefficient (Wildman–Crippen LogP) is 1.23. The highest BCUT2D eigenvalue weighted by Crippen LogP contribution is 2.09. The zero-order valence-corrected chi connectivity index (χ0v) is 10.4. The molecule has 96 valence electrons. The Morgan fingerprint density at radius 2 is 2.26 bits per heavy atom. The number of rotatable bonds is 3. The van der Waals surface area contributed by atoms with E-state index in [-0.39, 0.29) is 5.91 Å². The summed E-state index contributed by atoms with van der Waals surface area (Å²) in [7, 11) is 1.82. The third-order valence-corrected chi connectivity index (χ3v) is 2.79. The molecule has 3 aromatic rings. The molecule has 2 N–H and O–H groups in total. The van der Waals surface area contributed by atoms with E-state index >= 15 is 0 Å². The summed E-state index contributed by atoms with van der Waals surface area (Å²) in [5, 5.41) is 2.78. The van der Waals surface area contributed by atoms with E-state index in [1.807, 2.05) is 31.3 Å². The van der Waals surface area contributed by atoms with Crippen LogP contribution in [0, 0.1) is 0 Å². The molecule has 1 aromatic carbocycles. The number of aryl methyl sites for hydroxylation is 1. The van der Waals surface area contributed by atoms with Crippen LogP contribution in [0.1, 0.15) is 16.3 Å². The number of para-hydroxylation sites is 2. The predicted molar refractivity (Wildman–Crippen MR) is 70.5 cm³/mol. The lowest BCUT2D eigenvalue weighted by atomic mass is 10.3. The van der Waals surface area contributed by atoms with Gasteiger partial charge in [-0.2, -0.15) is 0 Å². The number of aromatic amines is 1. The quantitative estimate of drug-likeness (QED) is 0.739. The summed E-state index contributed by atoms with van der Waals surface area (Å²) >= 11 is 0. The van der Waals surface area contributed by atoms with Crippen LogP contribution >= 0.6 is 0 Å². The Labute approximate surface area is 109 Å². The van der Waals surface area contributed by atoms with Gasteiger partial charge in [-0.3, -0.25) is 4.79 Å². The number of aromatic nitrogens is 4. The molecule has 2 aromatic heterocycles. The molecule has 0 aliphatic heterocycles. The minimum absolute atomic E-state index is 0.207. The second kappa shape index (κ2) is 4.56. The molecule has 0 radical (unpaired) electrons. The number of nitrogens with zero attached hydrogens (tertiary/aromatic N) is 3. The largest absolute Gasteiger partial charge is 0.343 e. The molecule has 0 spiro atoms. The summed E-state index contributed by atoms with van der Waals surface area (Å²) in [5.74, 6) is 0.520. The van der Waals surface area contributed by atoms with Crippen LogP contribution in [0.5, 0.6) is 0 Å². The maximum absolute atomic E-state index is 11.8. The molecule has 0 aliphatic carbocycles. The zero-order valence-electron chi connectivity index (χ0n) is 10.4. The SMILES string of the molecule is Cn1cnc(C(=O)NCc2nc3ccccc3[nH]2)c1. The van der Waals surface area contributed by atoms with Gasteiger partial charge in [0.05, 0.1) is 23.9 Å². The molecule has 0 fully saturated rings. The molecule has 0 bridgehead atoms. The number of hydrogen-bond donors (Lipinski definition) is 2. The van der Waals surface area contributed by atoms with E-state index in [4.69, 9.17) is 0 Å². The Hall–Kier alpha value is -2.63. The molecule has 6 heteroatoms. The van der Waals surface area contributed by atoms with Crippen LogP contribution in [-0.4, -0.2) is 25.4 Å². The molecule has 0 unspecified atom stereocenters. The fourth-order valence-electron chi connectivity index (χ4n) is 1.87. The number of amides is 1. The van der Waals surface area contributed by atoms with Gasteiger partial charge in [-0.05, 0) is 12.1 Å². The van der Waals surface area contributed by atoms with E-state index < -0.39 is 0 Å². The molecule has 0 saturated carbocycles. The Bertz CT molecular complexity index is 694.